The summed E-state index contributed by atoms with van der Waals surface area (Å²) in [5.41, 5.74) is 7.45. The third-order valence-electron chi connectivity index (χ3n) is 3.23. The SMILES string of the molecule is CC(C)Oc1ccc(NC(N)=NCCSCc2ccccc2F)cc1. The van der Waals surface area contributed by atoms with Gasteiger partial charge in [0, 0.05) is 17.2 Å². The summed E-state index contributed by atoms with van der Waals surface area (Å²) >= 11 is 1.63. The molecule has 2 aromatic rings. The average Bonchev–Trinajstić information content (AvgIpc) is 2.57. The second kappa shape index (κ2) is 9.93. The Labute approximate surface area is 152 Å². The minimum absolute atomic E-state index is 0.146. The summed E-state index contributed by atoms with van der Waals surface area (Å²) in [7, 11) is 0. The molecule has 0 aromatic heterocycles. The molecule has 0 saturated heterocycles. The molecule has 0 aliphatic carbocycles. The minimum atomic E-state index is -0.162. The fourth-order valence-electron chi connectivity index (χ4n) is 2.10. The van der Waals surface area contributed by atoms with Gasteiger partial charge >= 0.3 is 0 Å². The quantitative estimate of drug-likeness (QED) is 0.419. The topological polar surface area (TPSA) is 59.6 Å². The normalized spacial score (nSPS) is 11.6. The van der Waals surface area contributed by atoms with Gasteiger partial charge < -0.3 is 15.8 Å². The highest BCUT2D eigenvalue weighted by atomic mass is 32.2. The van der Waals surface area contributed by atoms with Crippen LogP contribution < -0.4 is 15.8 Å². The zero-order chi connectivity index (χ0) is 18.1. The Bertz CT molecular complexity index is 689. The van der Waals surface area contributed by atoms with Crippen molar-refractivity contribution in [1.82, 2.24) is 0 Å². The fourth-order valence-corrected chi connectivity index (χ4v) is 2.92. The van der Waals surface area contributed by atoms with Gasteiger partial charge in [-0.2, -0.15) is 11.8 Å². The number of nitrogens with zero attached hydrogens (tertiary/aromatic N) is 1. The number of rotatable bonds is 8. The number of nitrogens with one attached hydrogen (secondary N) is 1. The van der Waals surface area contributed by atoms with Gasteiger partial charge in [-0.25, -0.2) is 4.39 Å². The molecule has 0 aliphatic rings. The molecule has 2 aromatic carbocycles. The van der Waals surface area contributed by atoms with Gasteiger partial charge in [-0.1, -0.05) is 18.2 Å². The van der Waals surface area contributed by atoms with Crippen molar-refractivity contribution < 1.29 is 9.13 Å². The first-order valence-electron chi connectivity index (χ1n) is 8.19. The van der Waals surface area contributed by atoms with Crippen molar-refractivity contribution in [3.05, 3.63) is 59.9 Å². The molecule has 25 heavy (non-hydrogen) atoms. The Morgan fingerprint density at radius 3 is 2.60 bits per heavy atom. The highest BCUT2D eigenvalue weighted by molar-refractivity contribution is 7.98. The van der Waals surface area contributed by atoms with Gasteiger partial charge in [0.15, 0.2) is 5.96 Å². The molecule has 0 aliphatic heterocycles. The maximum Gasteiger partial charge on any atom is 0.193 e. The number of nitrogens with two attached hydrogens (primary N) is 1. The Hall–Kier alpha value is -2.21. The Morgan fingerprint density at radius 2 is 1.92 bits per heavy atom. The molecule has 2 rings (SSSR count). The van der Waals surface area contributed by atoms with Crippen molar-refractivity contribution in [2.75, 3.05) is 17.6 Å². The molecular weight excluding hydrogens is 337 g/mol. The van der Waals surface area contributed by atoms with Crippen LogP contribution in [0.1, 0.15) is 19.4 Å². The molecule has 0 fully saturated rings. The highest BCUT2D eigenvalue weighted by Gasteiger charge is 2.01. The number of thioether (sulfide) groups is 1. The molecule has 3 N–H and O–H groups in total. The maximum atomic E-state index is 13.5. The number of benzene rings is 2. The standard InChI is InChI=1S/C19H24FN3OS/c1-14(2)24-17-9-7-16(8-10-17)23-19(21)22-11-12-25-13-15-5-3-4-6-18(15)20/h3-10,14H,11-13H2,1-2H3,(H3,21,22,23). The van der Waals surface area contributed by atoms with Crippen molar-refractivity contribution >= 4 is 23.4 Å². The van der Waals surface area contributed by atoms with Crippen LogP contribution in [-0.2, 0) is 5.75 Å². The van der Waals surface area contributed by atoms with Crippen LogP contribution in [0.15, 0.2) is 53.5 Å². The lowest BCUT2D eigenvalue weighted by molar-refractivity contribution is 0.242. The first-order valence-corrected chi connectivity index (χ1v) is 9.35. The van der Waals surface area contributed by atoms with Crippen LogP contribution in [0.5, 0.6) is 5.75 Å². The zero-order valence-corrected chi connectivity index (χ0v) is 15.4. The molecule has 0 bridgehead atoms. The number of aliphatic imine (C=N–C) groups is 1. The third kappa shape index (κ3) is 7.05. The predicted molar refractivity (Wildman–Crippen MR) is 105 cm³/mol. The zero-order valence-electron chi connectivity index (χ0n) is 14.5. The van der Waals surface area contributed by atoms with Gasteiger partial charge in [-0.15, -0.1) is 0 Å². The van der Waals surface area contributed by atoms with Gasteiger partial charge in [0.05, 0.1) is 12.6 Å². The van der Waals surface area contributed by atoms with Gasteiger partial charge in [-0.3, -0.25) is 4.99 Å². The summed E-state index contributed by atoms with van der Waals surface area (Å²) in [5, 5.41) is 3.04. The van der Waals surface area contributed by atoms with Crippen LogP contribution >= 0.6 is 11.8 Å². The number of hydrogen-bond acceptors (Lipinski definition) is 3. The Morgan fingerprint density at radius 1 is 1.20 bits per heavy atom. The van der Waals surface area contributed by atoms with Crippen LogP contribution in [0.2, 0.25) is 0 Å². The van der Waals surface area contributed by atoms with E-state index in [0.717, 1.165) is 17.2 Å². The molecule has 0 amide bonds. The number of ether oxygens (including phenoxy) is 1. The van der Waals surface area contributed by atoms with Crippen LogP contribution in [0.25, 0.3) is 0 Å². The van der Waals surface area contributed by atoms with Crippen LogP contribution in [0, 0.1) is 5.82 Å². The molecule has 6 heteroatoms. The molecule has 134 valence electrons. The first-order chi connectivity index (χ1) is 12.0. The molecule has 4 nitrogen and oxygen atoms in total. The monoisotopic (exact) mass is 361 g/mol. The third-order valence-corrected chi connectivity index (χ3v) is 4.22. The molecular formula is C19H24FN3OS. The van der Waals surface area contributed by atoms with Crippen molar-refractivity contribution in [3.63, 3.8) is 0 Å². The van der Waals surface area contributed by atoms with E-state index < -0.39 is 0 Å². The molecule has 0 heterocycles. The van der Waals surface area contributed by atoms with Gasteiger partial charge in [-0.05, 0) is 49.7 Å². The summed E-state index contributed by atoms with van der Waals surface area (Å²) in [6, 6.07) is 14.4. The molecule has 0 unspecified atom stereocenters. The first kappa shape index (κ1) is 19.1. The number of anilines is 1. The van der Waals surface area contributed by atoms with Crippen LogP contribution in [0.4, 0.5) is 10.1 Å². The summed E-state index contributed by atoms with van der Waals surface area (Å²) < 4.78 is 19.1. The molecule has 0 atom stereocenters. The van der Waals surface area contributed by atoms with Crippen molar-refractivity contribution in [1.29, 1.82) is 0 Å². The van der Waals surface area contributed by atoms with Gasteiger partial charge in [0.25, 0.3) is 0 Å². The number of halogens is 1. The van der Waals surface area contributed by atoms with E-state index in [9.17, 15) is 4.39 Å². The second-order valence-corrected chi connectivity index (χ2v) is 6.83. The second-order valence-electron chi connectivity index (χ2n) is 5.73. The van der Waals surface area contributed by atoms with Gasteiger partial charge in [0.2, 0.25) is 0 Å². The van der Waals surface area contributed by atoms with Gasteiger partial charge in [0.1, 0.15) is 11.6 Å². The van der Waals surface area contributed by atoms with E-state index in [1.165, 1.54) is 6.07 Å². The van der Waals surface area contributed by atoms with Crippen LogP contribution in [-0.4, -0.2) is 24.4 Å². The number of hydrogen-bond donors (Lipinski definition) is 2. The molecule has 0 saturated carbocycles. The maximum absolute atomic E-state index is 13.5. The van der Waals surface area contributed by atoms with E-state index in [-0.39, 0.29) is 11.9 Å². The smallest absolute Gasteiger partial charge is 0.193 e. The lowest BCUT2D eigenvalue weighted by atomic mass is 10.2. The molecule has 0 spiro atoms. The average molecular weight is 361 g/mol. The Kier molecular flexibility index (Phi) is 7.60. The predicted octanol–water partition coefficient (Wildman–Crippen LogP) is 4.27. The van der Waals surface area contributed by atoms with E-state index in [4.69, 9.17) is 10.5 Å². The largest absolute Gasteiger partial charge is 0.491 e. The molecule has 0 radical (unpaired) electrons. The highest BCUT2D eigenvalue weighted by Crippen LogP contribution is 2.17. The lowest BCUT2D eigenvalue weighted by Crippen LogP contribution is -2.23. The van der Waals surface area contributed by atoms with E-state index in [2.05, 4.69) is 10.3 Å². The van der Waals surface area contributed by atoms with Crippen LogP contribution in [0.3, 0.4) is 0 Å². The van der Waals surface area contributed by atoms with Crippen molar-refractivity contribution in [3.8, 4) is 5.75 Å². The van der Waals surface area contributed by atoms with Crippen molar-refractivity contribution in [2.24, 2.45) is 10.7 Å². The summed E-state index contributed by atoms with van der Waals surface area (Å²) in [5.74, 6) is 2.43. The fraction of sp³-hybridized carbons (Fsp3) is 0.316. The Balaban J connectivity index is 1.71. The summed E-state index contributed by atoms with van der Waals surface area (Å²) in [6.07, 6.45) is 0.146. The summed E-state index contributed by atoms with van der Waals surface area (Å²) in [4.78, 5) is 4.28. The van der Waals surface area contributed by atoms with E-state index in [0.29, 0.717) is 23.8 Å². The number of guanidine groups is 1. The van der Waals surface area contributed by atoms with Crippen molar-refractivity contribution in [2.45, 2.75) is 25.7 Å². The van der Waals surface area contributed by atoms with E-state index >= 15 is 0 Å². The van der Waals surface area contributed by atoms with E-state index in [1.807, 2.05) is 44.2 Å². The summed E-state index contributed by atoms with van der Waals surface area (Å²) in [6.45, 7) is 4.55. The van der Waals surface area contributed by atoms with E-state index in [1.54, 1.807) is 23.9 Å². The lowest BCUT2D eigenvalue weighted by Gasteiger charge is -2.11. The minimum Gasteiger partial charge on any atom is -0.491 e.